The molecule has 0 bridgehead atoms. The van der Waals surface area contributed by atoms with Crippen LogP contribution in [0.2, 0.25) is 0 Å². The Balaban J connectivity index is 1.45. The molecule has 198 valence electrons. The van der Waals surface area contributed by atoms with E-state index in [0.29, 0.717) is 32.5 Å². The molecule has 0 aliphatic carbocycles. The molecule has 3 aromatic carbocycles. The van der Waals surface area contributed by atoms with Gasteiger partial charge < -0.3 is 26.8 Å². The lowest BCUT2D eigenvalue weighted by Gasteiger charge is -2.21. The molecule has 0 saturated heterocycles. The average molecular weight is 531 g/mol. The second-order valence-electron chi connectivity index (χ2n) is 9.15. The molecule has 38 heavy (non-hydrogen) atoms. The molecule has 2 unspecified atom stereocenters. The number of ether oxygens (including phenoxy) is 1. The summed E-state index contributed by atoms with van der Waals surface area (Å²) in [4.78, 5) is 26.4. The molecule has 2 amide bonds. The number of carbonyl (C=O) groups is 2. The van der Waals surface area contributed by atoms with E-state index in [1.54, 1.807) is 11.3 Å². The van der Waals surface area contributed by atoms with Crippen molar-refractivity contribution < 1.29 is 14.3 Å². The molecule has 4 rings (SSSR count). The summed E-state index contributed by atoms with van der Waals surface area (Å²) in [6, 6.07) is 21.8. The number of carbonyl (C=O) groups excluding carboxylic acids is 2. The molecular weight excluding hydrogens is 496 g/mol. The van der Waals surface area contributed by atoms with Crippen LogP contribution in [0.1, 0.15) is 29.2 Å². The second-order valence-corrected chi connectivity index (χ2v) is 10.1. The lowest BCUT2D eigenvalue weighted by atomic mass is 10.0. The van der Waals surface area contributed by atoms with Gasteiger partial charge in [-0.2, -0.15) is 0 Å². The zero-order valence-corrected chi connectivity index (χ0v) is 22.3. The summed E-state index contributed by atoms with van der Waals surface area (Å²) in [5, 5.41) is 9.01. The molecule has 0 fully saturated rings. The minimum atomic E-state index is -0.800. The van der Waals surface area contributed by atoms with Gasteiger partial charge in [-0.3, -0.25) is 9.59 Å². The van der Waals surface area contributed by atoms with Gasteiger partial charge in [0.1, 0.15) is 11.8 Å². The SMILES string of the molecule is CCOc1ccc(CC(N)C(=O)NC(Cc2csc3ccccc23)C(=O)NCc2ccc(CN)cc2)cc1. The van der Waals surface area contributed by atoms with Crippen LogP contribution in [0.15, 0.2) is 78.2 Å². The van der Waals surface area contributed by atoms with Gasteiger partial charge in [-0.15, -0.1) is 11.3 Å². The van der Waals surface area contributed by atoms with Crippen LogP contribution < -0.4 is 26.8 Å². The van der Waals surface area contributed by atoms with E-state index in [4.69, 9.17) is 16.2 Å². The molecule has 1 heterocycles. The van der Waals surface area contributed by atoms with Gasteiger partial charge in [0.15, 0.2) is 0 Å². The van der Waals surface area contributed by atoms with Crippen molar-refractivity contribution in [2.45, 2.75) is 44.9 Å². The van der Waals surface area contributed by atoms with Crippen molar-refractivity contribution in [2.75, 3.05) is 6.61 Å². The van der Waals surface area contributed by atoms with Crippen LogP contribution in [-0.2, 0) is 35.5 Å². The van der Waals surface area contributed by atoms with E-state index in [2.05, 4.69) is 16.7 Å². The zero-order chi connectivity index (χ0) is 26.9. The number of hydrogen-bond acceptors (Lipinski definition) is 6. The minimum absolute atomic E-state index is 0.259. The second kappa shape index (κ2) is 13.2. The van der Waals surface area contributed by atoms with Gasteiger partial charge in [0, 0.05) is 24.2 Å². The molecule has 1 aromatic heterocycles. The van der Waals surface area contributed by atoms with Gasteiger partial charge in [-0.25, -0.2) is 0 Å². The van der Waals surface area contributed by atoms with Crippen LogP contribution in [0.5, 0.6) is 5.75 Å². The van der Waals surface area contributed by atoms with Gasteiger partial charge in [-0.1, -0.05) is 54.6 Å². The summed E-state index contributed by atoms with van der Waals surface area (Å²) in [6.07, 6.45) is 0.713. The van der Waals surface area contributed by atoms with Crippen LogP contribution in [0.3, 0.4) is 0 Å². The van der Waals surface area contributed by atoms with E-state index in [1.165, 1.54) is 0 Å². The maximum atomic E-state index is 13.3. The molecule has 2 atom stereocenters. The molecular formula is C30H34N4O3S. The normalized spacial score (nSPS) is 12.6. The molecule has 0 spiro atoms. The maximum Gasteiger partial charge on any atom is 0.243 e. The van der Waals surface area contributed by atoms with Gasteiger partial charge >= 0.3 is 0 Å². The van der Waals surface area contributed by atoms with Crippen molar-refractivity contribution in [1.29, 1.82) is 0 Å². The fourth-order valence-corrected chi connectivity index (χ4v) is 5.22. The minimum Gasteiger partial charge on any atom is -0.494 e. The Bertz CT molecular complexity index is 1350. The summed E-state index contributed by atoms with van der Waals surface area (Å²) in [5.41, 5.74) is 15.9. The van der Waals surface area contributed by atoms with E-state index < -0.39 is 12.1 Å². The summed E-state index contributed by atoms with van der Waals surface area (Å²) >= 11 is 1.62. The van der Waals surface area contributed by atoms with Crippen LogP contribution in [0.25, 0.3) is 10.1 Å². The Morgan fingerprint density at radius 3 is 2.29 bits per heavy atom. The van der Waals surface area contributed by atoms with Crippen LogP contribution in [0, 0.1) is 0 Å². The van der Waals surface area contributed by atoms with Crippen molar-refractivity contribution in [3.8, 4) is 5.75 Å². The monoisotopic (exact) mass is 530 g/mol. The number of fused-ring (bicyclic) bond motifs is 1. The highest BCUT2D eigenvalue weighted by molar-refractivity contribution is 7.17. The highest BCUT2D eigenvalue weighted by Crippen LogP contribution is 2.26. The maximum absolute atomic E-state index is 13.3. The smallest absolute Gasteiger partial charge is 0.243 e. The summed E-state index contributed by atoms with van der Waals surface area (Å²) in [6.45, 7) is 3.32. The van der Waals surface area contributed by atoms with Crippen LogP contribution >= 0.6 is 11.3 Å². The van der Waals surface area contributed by atoms with Crippen LogP contribution in [-0.4, -0.2) is 30.5 Å². The Hall–Kier alpha value is -3.72. The van der Waals surface area contributed by atoms with E-state index >= 15 is 0 Å². The fraction of sp³-hybridized carbons (Fsp3) is 0.267. The Morgan fingerprint density at radius 1 is 0.895 bits per heavy atom. The van der Waals surface area contributed by atoms with Gasteiger partial charge in [0.2, 0.25) is 11.8 Å². The van der Waals surface area contributed by atoms with Gasteiger partial charge in [0.25, 0.3) is 0 Å². The van der Waals surface area contributed by atoms with Crippen molar-refractivity contribution in [3.05, 3.63) is 100 Å². The first-order valence-corrected chi connectivity index (χ1v) is 13.6. The molecule has 8 heteroatoms. The van der Waals surface area contributed by atoms with E-state index in [0.717, 1.165) is 38.1 Å². The first-order chi connectivity index (χ1) is 18.5. The zero-order valence-electron chi connectivity index (χ0n) is 21.5. The highest BCUT2D eigenvalue weighted by Gasteiger charge is 2.25. The Kier molecular flexibility index (Phi) is 9.48. The van der Waals surface area contributed by atoms with Gasteiger partial charge in [-0.05, 0) is 64.6 Å². The largest absolute Gasteiger partial charge is 0.494 e. The predicted molar refractivity (Wildman–Crippen MR) is 153 cm³/mol. The number of nitrogens with two attached hydrogens (primary N) is 2. The van der Waals surface area contributed by atoms with E-state index in [9.17, 15) is 9.59 Å². The van der Waals surface area contributed by atoms with Crippen molar-refractivity contribution in [2.24, 2.45) is 11.5 Å². The van der Waals surface area contributed by atoms with E-state index in [1.807, 2.05) is 79.0 Å². The number of rotatable bonds is 12. The van der Waals surface area contributed by atoms with E-state index in [-0.39, 0.29) is 11.8 Å². The Morgan fingerprint density at radius 2 is 1.58 bits per heavy atom. The molecule has 0 radical (unpaired) electrons. The highest BCUT2D eigenvalue weighted by atomic mass is 32.1. The van der Waals surface area contributed by atoms with Crippen molar-refractivity contribution in [3.63, 3.8) is 0 Å². The molecule has 0 saturated carbocycles. The first kappa shape index (κ1) is 27.3. The molecule has 4 aromatic rings. The summed E-state index contributed by atoms with van der Waals surface area (Å²) < 4.78 is 6.62. The first-order valence-electron chi connectivity index (χ1n) is 12.7. The lowest BCUT2D eigenvalue weighted by molar-refractivity contribution is -0.129. The van der Waals surface area contributed by atoms with Gasteiger partial charge in [0.05, 0.1) is 12.6 Å². The standard InChI is InChI=1S/C30H34N4O3S/c1-2-37-24-13-11-20(12-14-24)15-26(32)29(35)34-27(16-23-19-38-28-6-4-3-5-25(23)28)30(36)33-18-22-9-7-21(17-31)8-10-22/h3-14,19,26-27H,2,15-18,31-32H2,1H3,(H,33,36)(H,34,35). The average Bonchev–Trinajstić information content (AvgIpc) is 3.35. The number of hydrogen-bond donors (Lipinski definition) is 4. The number of benzene rings is 3. The van der Waals surface area contributed by atoms with Crippen molar-refractivity contribution >= 4 is 33.2 Å². The third-order valence-electron chi connectivity index (χ3n) is 6.37. The lowest BCUT2D eigenvalue weighted by Crippen LogP contribution is -2.52. The number of thiophene rings is 1. The molecule has 7 nitrogen and oxygen atoms in total. The summed E-state index contributed by atoms with van der Waals surface area (Å²) in [5.74, 6) is 0.141. The summed E-state index contributed by atoms with van der Waals surface area (Å²) in [7, 11) is 0. The van der Waals surface area contributed by atoms with Crippen molar-refractivity contribution in [1.82, 2.24) is 10.6 Å². The molecule has 0 aliphatic rings. The third kappa shape index (κ3) is 7.19. The molecule has 0 aliphatic heterocycles. The number of nitrogens with one attached hydrogen (secondary N) is 2. The Labute approximate surface area is 227 Å². The van der Waals surface area contributed by atoms with Crippen LogP contribution in [0.4, 0.5) is 0 Å². The number of amides is 2. The molecule has 6 N–H and O–H groups in total. The predicted octanol–water partition coefficient (Wildman–Crippen LogP) is 3.67. The quantitative estimate of drug-likeness (QED) is 0.223. The topological polar surface area (TPSA) is 119 Å². The third-order valence-corrected chi connectivity index (χ3v) is 7.38. The fourth-order valence-electron chi connectivity index (χ4n) is 4.24.